The highest BCUT2D eigenvalue weighted by molar-refractivity contribution is 5.84. The number of methoxy groups -OCH3 is 1. The first-order valence-electron chi connectivity index (χ1n) is 9.60. The summed E-state index contributed by atoms with van der Waals surface area (Å²) < 4.78 is 5.46. The molecule has 1 atom stereocenters. The molecule has 1 aliphatic rings. The van der Waals surface area contributed by atoms with Crippen molar-refractivity contribution in [2.75, 3.05) is 39.9 Å². The van der Waals surface area contributed by atoms with E-state index in [4.69, 9.17) is 9.72 Å². The van der Waals surface area contributed by atoms with E-state index in [1.54, 1.807) is 7.11 Å². The normalized spacial score (nSPS) is 19.3. The van der Waals surface area contributed by atoms with Gasteiger partial charge >= 0.3 is 0 Å². The van der Waals surface area contributed by atoms with Crippen molar-refractivity contribution in [2.24, 2.45) is 5.92 Å². The highest BCUT2D eigenvalue weighted by Crippen LogP contribution is 2.24. The Balaban J connectivity index is 1.71. The molecule has 2 aromatic rings. The zero-order valence-corrected chi connectivity index (χ0v) is 16.2. The number of pyridine rings is 1. The standard InChI is InChI=1S/C21H31N3O2/c1-16(2)13-24-11-10-23(15-19(24)9-12-25)14-18-8-7-17-5-4-6-20(26-3)21(17)22-18/h4-8,16,19,25H,9-15H2,1-3H3. The molecule has 3 rings (SSSR count). The van der Waals surface area contributed by atoms with Crippen LogP contribution in [0.1, 0.15) is 26.0 Å². The number of benzene rings is 1. The van der Waals surface area contributed by atoms with E-state index in [0.29, 0.717) is 12.0 Å². The maximum absolute atomic E-state index is 9.45. The molecular formula is C21H31N3O2. The van der Waals surface area contributed by atoms with Crippen molar-refractivity contribution >= 4 is 10.9 Å². The Morgan fingerprint density at radius 3 is 2.81 bits per heavy atom. The Labute approximate surface area is 156 Å². The van der Waals surface area contributed by atoms with Gasteiger partial charge in [0.25, 0.3) is 0 Å². The lowest BCUT2D eigenvalue weighted by Gasteiger charge is -2.42. The van der Waals surface area contributed by atoms with Crippen molar-refractivity contribution in [3.8, 4) is 5.75 Å². The molecule has 0 amide bonds. The van der Waals surface area contributed by atoms with Crippen molar-refractivity contribution in [1.29, 1.82) is 0 Å². The third kappa shape index (κ3) is 4.53. The zero-order chi connectivity index (χ0) is 18.5. The van der Waals surface area contributed by atoms with Crippen LogP contribution in [0, 0.1) is 5.92 Å². The van der Waals surface area contributed by atoms with Gasteiger partial charge in [-0.3, -0.25) is 9.80 Å². The Morgan fingerprint density at radius 2 is 2.08 bits per heavy atom. The molecule has 1 aromatic carbocycles. The molecule has 5 nitrogen and oxygen atoms in total. The second kappa shape index (κ2) is 8.80. The van der Waals surface area contributed by atoms with Gasteiger partial charge in [0, 0.05) is 50.8 Å². The van der Waals surface area contributed by atoms with Gasteiger partial charge in [-0.1, -0.05) is 32.0 Å². The van der Waals surface area contributed by atoms with Crippen LogP contribution in [0.25, 0.3) is 10.9 Å². The van der Waals surface area contributed by atoms with Crippen molar-refractivity contribution < 1.29 is 9.84 Å². The second-order valence-corrected chi connectivity index (χ2v) is 7.62. The number of piperazine rings is 1. The number of para-hydroxylation sites is 1. The minimum absolute atomic E-state index is 0.249. The Morgan fingerprint density at radius 1 is 1.23 bits per heavy atom. The fourth-order valence-electron chi connectivity index (χ4n) is 3.88. The highest BCUT2D eigenvalue weighted by atomic mass is 16.5. The topological polar surface area (TPSA) is 48.8 Å². The van der Waals surface area contributed by atoms with E-state index in [1.807, 2.05) is 12.1 Å². The van der Waals surface area contributed by atoms with Crippen LogP contribution >= 0.6 is 0 Å². The zero-order valence-electron chi connectivity index (χ0n) is 16.2. The lowest BCUT2D eigenvalue weighted by atomic mass is 10.1. The molecule has 1 aliphatic heterocycles. The number of ether oxygens (including phenoxy) is 1. The summed E-state index contributed by atoms with van der Waals surface area (Å²) >= 11 is 0. The van der Waals surface area contributed by atoms with Crippen LogP contribution in [0.15, 0.2) is 30.3 Å². The number of rotatable bonds is 7. The van der Waals surface area contributed by atoms with Gasteiger partial charge in [-0.05, 0) is 24.5 Å². The Hall–Kier alpha value is -1.69. The summed E-state index contributed by atoms with van der Waals surface area (Å²) in [6.07, 6.45) is 0.836. The van der Waals surface area contributed by atoms with Crippen LogP contribution in [0.5, 0.6) is 5.75 Å². The van der Waals surface area contributed by atoms with Crippen LogP contribution in [-0.2, 0) is 6.54 Å². The molecule has 26 heavy (non-hydrogen) atoms. The Bertz CT molecular complexity index is 719. The van der Waals surface area contributed by atoms with Crippen molar-refractivity contribution in [3.63, 3.8) is 0 Å². The predicted molar refractivity (Wildman–Crippen MR) is 105 cm³/mol. The summed E-state index contributed by atoms with van der Waals surface area (Å²) in [5.41, 5.74) is 2.00. The molecular weight excluding hydrogens is 326 g/mol. The van der Waals surface area contributed by atoms with Gasteiger partial charge in [-0.25, -0.2) is 4.98 Å². The predicted octanol–water partition coefficient (Wildman–Crippen LogP) is 2.77. The molecule has 2 heterocycles. The maximum atomic E-state index is 9.45. The van der Waals surface area contributed by atoms with Crippen molar-refractivity contribution in [2.45, 2.75) is 32.9 Å². The molecule has 1 fully saturated rings. The van der Waals surface area contributed by atoms with Gasteiger partial charge < -0.3 is 9.84 Å². The highest BCUT2D eigenvalue weighted by Gasteiger charge is 2.27. The monoisotopic (exact) mass is 357 g/mol. The lowest BCUT2D eigenvalue weighted by Crippen LogP contribution is -2.53. The summed E-state index contributed by atoms with van der Waals surface area (Å²) in [6.45, 7) is 9.79. The average molecular weight is 357 g/mol. The molecule has 5 heteroatoms. The average Bonchev–Trinajstić information content (AvgIpc) is 2.63. The summed E-state index contributed by atoms with van der Waals surface area (Å²) in [7, 11) is 1.69. The number of aromatic nitrogens is 1. The molecule has 1 unspecified atom stereocenters. The second-order valence-electron chi connectivity index (χ2n) is 7.62. The van der Waals surface area contributed by atoms with E-state index >= 15 is 0 Å². The third-order valence-corrected chi connectivity index (χ3v) is 5.10. The van der Waals surface area contributed by atoms with Crippen LogP contribution < -0.4 is 4.74 Å². The van der Waals surface area contributed by atoms with E-state index in [1.165, 1.54) is 0 Å². The Kier molecular flexibility index (Phi) is 6.46. The fraction of sp³-hybridized carbons (Fsp3) is 0.571. The smallest absolute Gasteiger partial charge is 0.145 e. The molecule has 0 radical (unpaired) electrons. The first-order chi connectivity index (χ1) is 12.6. The van der Waals surface area contributed by atoms with E-state index in [-0.39, 0.29) is 6.61 Å². The molecule has 0 aliphatic carbocycles. The van der Waals surface area contributed by atoms with Gasteiger partial charge in [0.1, 0.15) is 11.3 Å². The van der Waals surface area contributed by atoms with E-state index < -0.39 is 0 Å². The summed E-state index contributed by atoms with van der Waals surface area (Å²) in [5.74, 6) is 1.47. The number of aliphatic hydroxyl groups is 1. The van der Waals surface area contributed by atoms with Crippen LogP contribution in [0.2, 0.25) is 0 Å². The molecule has 1 aromatic heterocycles. The SMILES string of the molecule is COc1cccc2ccc(CN3CCN(CC(C)C)C(CCO)C3)nc12. The van der Waals surface area contributed by atoms with Crippen molar-refractivity contribution in [3.05, 3.63) is 36.0 Å². The molecule has 142 valence electrons. The van der Waals surface area contributed by atoms with Gasteiger partial charge in [0.05, 0.1) is 12.8 Å². The summed E-state index contributed by atoms with van der Waals surface area (Å²) in [5, 5.41) is 10.6. The first-order valence-corrected chi connectivity index (χ1v) is 9.60. The number of fused-ring (bicyclic) bond motifs is 1. The van der Waals surface area contributed by atoms with Gasteiger partial charge in [0.15, 0.2) is 0 Å². The number of aliphatic hydroxyl groups excluding tert-OH is 1. The summed E-state index contributed by atoms with van der Waals surface area (Å²) in [4.78, 5) is 9.84. The first kappa shape index (κ1) is 19.1. The molecule has 1 N–H and O–H groups in total. The minimum atomic E-state index is 0.249. The molecule has 1 saturated heterocycles. The van der Waals surface area contributed by atoms with Gasteiger partial charge in [-0.2, -0.15) is 0 Å². The quantitative estimate of drug-likeness (QED) is 0.826. The number of hydrogen-bond acceptors (Lipinski definition) is 5. The third-order valence-electron chi connectivity index (χ3n) is 5.10. The number of nitrogens with zero attached hydrogens (tertiary/aromatic N) is 3. The maximum Gasteiger partial charge on any atom is 0.145 e. The van der Waals surface area contributed by atoms with Crippen molar-refractivity contribution in [1.82, 2.24) is 14.8 Å². The molecule has 0 bridgehead atoms. The van der Waals surface area contributed by atoms with Gasteiger partial charge in [-0.15, -0.1) is 0 Å². The van der Waals surface area contributed by atoms with Crippen LogP contribution in [0.4, 0.5) is 0 Å². The van der Waals surface area contributed by atoms with E-state index in [0.717, 1.165) is 61.5 Å². The summed E-state index contributed by atoms with van der Waals surface area (Å²) in [6, 6.07) is 10.7. The van der Waals surface area contributed by atoms with E-state index in [9.17, 15) is 5.11 Å². The van der Waals surface area contributed by atoms with Crippen LogP contribution in [-0.4, -0.2) is 65.8 Å². The van der Waals surface area contributed by atoms with Crippen LogP contribution in [0.3, 0.4) is 0 Å². The minimum Gasteiger partial charge on any atom is -0.494 e. The van der Waals surface area contributed by atoms with Gasteiger partial charge in [0.2, 0.25) is 0 Å². The molecule has 0 saturated carbocycles. The fourth-order valence-corrected chi connectivity index (χ4v) is 3.88. The number of hydrogen-bond donors (Lipinski definition) is 1. The lowest BCUT2D eigenvalue weighted by molar-refractivity contribution is 0.0472. The molecule has 0 spiro atoms. The largest absolute Gasteiger partial charge is 0.494 e. The van der Waals surface area contributed by atoms with E-state index in [2.05, 4.69) is 41.8 Å².